The Balaban J connectivity index is 2.40. The Kier molecular flexibility index (Phi) is 8.71. The van der Waals surface area contributed by atoms with Gasteiger partial charge in [-0.3, -0.25) is 13.9 Å². The van der Waals surface area contributed by atoms with Gasteiger partial charge in [-0.1, -0.05) is 37.3 Å². The Morgan fingerprint density at radius 3 is 2.19 bits per heavy atom. The van der Waals surface area contributed by atoms with Gasteiger partial charge in [-0.15, -0.1) is 0 Å². The fourth-order valence-electron chi connectivity index (χ4n) is 3.04. The highest BCUT2D eigenvalue weighted by Crippen LogP contribution is 2.22. The van der Waals surface area contributed by atoms with Crippen LogP contribution in [0.2, 0.25) is 0 Å². The number of amides is 2. The van der Waals surface area contributed by atoms with E-state index in [0.29, 0.717) is 17.3 Å². The number of anilines is 1. The molecule has 1 N–H and O–H groups in total. The van der Waals surface area contributed by atoms with Crippen molar-refractivity contribution in [1.82, 2.24) is 10.2 Å². The van der Waals surface area contributed by atoms with Crippen LogP contribution in [0.5, 0.6) is 0 Å². The zero-order chi connectivity index (χ0) is 23.9. The van der Waals surface area contributed by atoms with Gasteiger partial charge in [-0.05, 0) is 31.5 Å². The third-order valence-electron chi connectivity index (χ3n) is 4.82. The summed E-state index contributed by atoms with van der Waals surface area (Å²) in [6, 6.07) is 9.91. The number of carbonyl (C=O) groups excluding carboxylic acids is 2. The molecule has 0 aromatic heterocycles. The van der Waals surface area contributed by atoms with Crippen LogP contribution in [-0.4, -0.2) is 50.5 Å². The number of carbonyl (C=O) groups is 2. The highest BCUT2D eigenvalue weighted by Gasteiger charge is 2.31. The van der Waals surface area contributed by atoms with Gasteiger partial charge in [0.2, 0.25) is 21.8 Å². The minimum Gasteiger partial charge on any atom is -0.354 e. The third kappa shape index (κ3) is 6.49. The molecule has 7 nitrogen and oxygen atoms in total. The van der Waals surface area contributed by atoms with Crippen molar-refractivity contribution >= 4 is 27.5 Å². The molecule has 2 rings (SSSR count). The molecular formula is C22H27F2N3O4S. The van der Waals surface area contributed by atoms with Gasteiger partial charge >= 0.3 is 0 Å². The summed E-state index contributed by atoms with van der Waals surface area (Å²) in [5.74, 6) is -2.63. The molecule has 32 heavy (non-hydrogen) atoms. The van der Waals surface area contributed by atoms with Crippen molar-refractivity contribution in [3.05, 3.63) is 65.7 Å². The Morgan fingerprint density at radius 1 is 1.03 bits per heavy atom. The summed E-state index contributed by atoms with van der Waals surface area (Å²) in [5.41, 5.74) is -0.134. The van der Waals surface area contributed by atoms with Crippen molar-refractivity contribution in [3.8, 4) is 0 Å². The van der Waals surface area contributed by atoms with Crippen LogP contribution < -0.4 is 9.62 Å². The lowest BCUT2D eigenvalue weighted by Crippen LogP contribution is -2.51. The second-order valence-corrected chi connectivity index (χ2v) is 9.21. The first-order valence-corrected chi connectivity index (χ1v) is 11.9. The lowest BCUT2D eigenvalue weighted by atomic mass is 10.1. The van der Waals surface area contributed by atoms with Crippen LogP contribution in [0.25, 0.3) is 0 Å². The SMILES string of the molecule is CCCNC(=O)[C@@H](C)N(Cc1ccccc1F)C(=O)CN(c1ccccc1F)S(C)(=O)=O. The molecule has 174 valence electrons. The molecule has 10 heteroatoms. The maximum Gasteiger partial charge on any atom is 0.244 e. The highest BCUT2D eigenvalue weighted by molar-refractivity contribution is 7.92. The molecule has 0 saturated heterocycles. The summed E-state index contributed by atoms with van der Waals surface area (Å²) in [7, 11) is -4.04. The molecule has 0 heterocycles. The largest absolute Gasteiger partial charge is 0.354 e. The van der Waals surface area contributed by atoms with Gasteiger partial charge in [-0.25, -0.2) is 17.2 Å². The van der Waals surface area contributed by atoms with E-state index in [2.05, 4.69) is 5.32 Å². The van der Waals surface area contributed by atoms with E-state index >= 15 is 0 Å². The summed E-state index contributed by atoms with van der Waals surface area (Å²) in [6.07, 6.45) is 1.53. The maximum absolute atomic E-state index is 14.3. The molecule has 0 aliphatic heterocycles. The van der Waals surface area contributed by atoms with E-state index < -0.39 is 46.1 Å². The predicted octanol–water partition coefficient (Wildman–Crippen LogP) is 2.67. The van der Waals surface area contributed by atoms with E-state index in [9.17, 15) is 26.8 Å². The molecule has 2 amide bonds. The van der Waals surface area contributed by atoms with Crippen LogP contribution in [0, 0.1) is 11.6 Å². The Labute approximate surface area is 187 Å². The minimum atomic E-state index is -4.04. The molecule has 0 aliphatic rings. The first kappa shape index (κ1) is 25.3. The number of hydrogen-bond acceptors (Lipinski definition) is 4. The van der Waals surface area contributed by atoms with Crippen LogP contribution in [0.15, 0.2) is 48.5 Å². The zero-order valence-electron chi connectivity index (χ0n) is 18.2. The summed E-state index contributed by atoms with van der Waals surface area (Å²) in [4.78, 5) is 26.8. The Hall–Kier alpha value is -3.01. The summed E-state index contributed by atoms with van der Waals surface area (Å²) in [5, 5.41) is 2.67. The molecule has 0 bridgehead atoms. The maximum atomic E-state index is 14.3. The molecular weight excluding hydrogens is 440 g/mol. The molecule has 2 aromatic rings. The molecule has 0 aliphatic carbocycles. The van der Waals surface area contributed by atoms with Gasteiger partial charge in [0.15, 0.2) is 0 Å². The standard InChI is InChI=1S/C22H27F2N3O4S/c1-4-13-25-22(29)16(2)26(14-17-9-5-6-10-18(17)23)21(28)15-27(32(3,30)31)20-12-8-7-11-19(20)24/h5-12,16H,4,13-15H2,1-3H3,(H,25,29)/t16-/m1/s1. The minimum absolute atomic E-state index is 0.160. The third-order valence-corrected chi connectivity index (χ3v) is 5.94. The van der Waals surface area contributed by atoms with Crippen molar-refractivity contribution < 1.29 is 26.8 Å². The van der Waals surface area contributed by atoms with Crippen LogP contribution in [-0.2, 0) is 26.2 Å². The van der Waals surface area contributed by atoms with Crippen molar-refractivity contribution in [1.29, 1.82) is 0 Å². The number of sulfonamides is 1. The summed E-state index contributed by atoms with van der Waals surface area (Å²) in [6.45, 7) is 2.71. The quantitative estimate of drug-likeness (QED) is 0.582. The molecule has 1 atom stereocenters. The summed E-state index contributed by atoms with van der Waals surface area (Å²) < 4.78 is 53.9. The van der Waals surface area contributed by atoms with Gasteiger partial charge in [0, 0.05) is 18.7 Å². The molecule has 2 aromatic carbocycles. The van der Waals surface area contributed by atoms with E-state index in [-0.39, 0.29) is 17.8 Å². The van der Waals surface area contributed by atoms with E-state index in [0.717, 1.165) is 17.2 Å². The average molecular weight is 468 g/mol. The lowest BCUT2D eigenvalue weighted by molar-refractivity contribution is -0.139. The normalized spacial score (nSPS) is 12.2. The van der Waals surface area contributed by atoms with Crippen LogP contribution >= 0.6 is 0 Å². The summed E-state index contributed by atoms with van der Waals surface area (Å²) >= 11 is 0. The lowest BCUT2D eigenvalue weighted by Gasteiger charge is -2.31. The van der Waals surface area contributed by atoms with E-state index in [1.54, 1.807) is 6.07 Å². The number of rotatable bonds is 10. The average Bonchev–Trinajstić information content (AvgIpc) is 2.74. The smallest absolute Gasteiger partial charge is 0.244 e. The predicted molar refractivity (Wildman–Crippen MR) is 118 cm³/mol. The fourth-order valence-corrected chi connectivity index (χ4v) is 3.89. The number of para-hydroxylation sites is 1. The molecule has 0 fully saturated rings. The van der Waals surface area contributed by atoms with Crippen molar-refractivity contribution in [2.45, 2.75) is 32.9 Å². The van der Waals surface area contributed by atoms with Crippen molar-refractivity contribution in [2.24, 2.45) is 0 Å². The monoisotopic (exact) mass is 467 g/mol. The molecule has 0 spiro atoms. The topological polar surface area (TPSA) is 86.8 Å². The fraction of sp³-hybridized carbons (Fsp3) is 0.364. The van der Waals surface area contributed by atoms with Crippen LogP contribution in [0.1, 0.15) is 25.8 Å². The van der Waals surface area contributed by atoms with Crippen molar-refractivity contribution in [2.75, 3.05) is 23.7 Å². The van der Waals surface area contributed by atoms with Gasteiger partial charge in [0.25, 0.3) is 0 Å². The van der Waals surface area contributed by atoms with Gasteiger partial charge < -0.3 is 10.2 Å². The Morgan fingerprint density at radius 2 is 1.62 bits per heavy atom. The van der Waals surface area contributed by atoms with Crippen LogP contribution in [0.4, 0.5) is 14.5 Å². The van der Waals surface area contributed by atoms with Gasteiger partial charge in [0.1, 0.15) is 24.2 Å². The van der Waals surface area contributed by atoms with Gasteiger partial charge in [0.05, 0.1) is 11.9 Å². The second-order valence-electron chi connectivity index (χ2n) is 7.30. The molecule has 0 radical (unpaired) electrons. The highest BCUT2D eigenvalue weighted by atomic mass is 32.2. The molecule has 0 saturated carbocycles. The zero-order valence-corrected chi connectivity index (χ0v) is 19.0. The second kappa shape index (κ2) is 11.0. The van der Waals surface area contributed by atoms with Crippen LogP contribution in [0.3, 0.4) is 0 Å². The van der Waals surface area contributed by atoms with E-state index in [1.165, 1.54) is 43.3 Å². The number of nitrogens with one attached hydrogen (secondary N) is 1. The number of nitrogens with zero attached hydrogens (tertiary/aromatic N) is 2. The number of halogens is 2. The van der Waals surface area contributed by atoms with E-state index in [4.69, 9.17) is 0 Å². The first-order valence-electron chi connectivity index (χ1n) is 10.1. The number of hydrogen-bond donors (Lipinski definition) is 1. The van der Waals surface area contributed by atoms with Crippen molar-refractivity contribution in [3.63, 3.8) is 0 Å². The van der Waals surface area contributed by atoms with E-state index in [1.807, 2.05) is 6.92 Å². The number of benzene rings is 2. The molecule has 0 unspecified atom stereocenters. The Bertz CT molecular complexity index is 1060. The first-order chi connectivity index (χ1) is 15.1. The van der Waals surface area contributed by atoms with Gasteiger partial charge in [-0.2, -0.15) is 0 Å².